The molecular weight excluding hydrogens is 651 g/mol. The summed E-state index contributed by atoms with van der Waals surface area (Å²) in [5.74, 6) is 2.80. The van der Waals surface area contributed by atoms with Crippen molar-refractivity contribution in [2.75, 3.05) is 4.90 Å². The number of benzene rings is 7. The number of hydrogen-bond acceptors (Lipinski definition) is 3. The maximum atomic E-state index is 6.46. The normalized spacial score (nSPS) is 13.0. The molecule has 0 radical (unpaired) electrons. The Morgan fingerprint density at radius 1 is 0.434 bits per heavy atom. The largest absolute Gasteiger partial charge is 0.450 e. The second kappa shape index (κ2) is 11.8. The molecule has 1 aliphatic heterocycles. The van der Waals surface area contributed by atoms with Gasteiger partial charge in [0.1, 0.15) is 0 Å². The van der Waals surface area contributed by atoms with E-state index in [2.05, 4.69) is 160 Å². The first-order valence-corrected chi connectivity index (χ1v) is 18.2. The Morgan fingerprint density at radius 2 is 1.04 bits per heavy atom. The standard InChI is InChI=1S/C48H33N3O2/c1-3-13-32(14-4-1)50-42-20-10-8-18-38(42)40-29-34(24-27-43(40)50)49(36-25-28-47-48(31-36)53-46-22-12-11-21-45(46)52-47)35-23-26-39-37-17-7-9-19-41(37)51(44(39)30-35)33-15-5-2-6-16-33/h1-6,8-16,18-31H,7,17H2. The summed E-state index contributed by atoms with van der Waals surface area (Å²) in [7, 11) is 0. The molecule has 0 unspecified atom stereocenters. The summed E-state index contributed by atoms with van der Waals surface area (Å²) in [4.78, 5) is 2.34. The van der Waals surface area contributed by atoms with Gasteiger partial charge in [-0.1, -0.05) is 78.9 Å². The van der Waals surface area contributed by atoms with Crippen LogP contribution in [0, 0.1) is 0 Å². The summed E-state index contributed by atoms with van der Waals surface area (Å²) >= 11 is 0. The van der Waals surface area contributed by atoms with Gasteiger partial charge in [-0.15, -0.1) is 0 Å². The van der Waals surface area contributed by atoms with E-state index < -0.39 is 0 Å². The molecule has 0 saturated carbocycles. The quantitative estimate of drug-likeness (QED) is 0.181. The lowest BCUT2D eigenvalue weighted by Crippen LogP contribution is -2.11. The first-order chi connectivity index (χ1) is 26.3. The molecule has 9 aromatic rings. The molecule has 53 heavy (non-hydrogen) atoms. The zero-order chi connectivity index (χ0) is 34.9. The Morgan fingerprint density at radius 3 is 1.85 bits per heavy atom. The molecule has 3 heterocycles. The van der Waals surface area contributed by atoms with Crippen molar-refractivity contribution in [3.63, 3.8) is 0 Å². The van der Waals surface area contributed by atoms with E-state index in [9.17, 15) is 0 Å². The summed E-state index contributed by atoms with van der Waals surface area (Å²) in [6.07, 6.45) is 6.66. The molecule has 2 aliphatic rings. The molecule has 0 bridgehead atoms. The molecule has 5 heteroatoms. The second-order valence-corrected chi connectivity index (χ2v) is 13.7. The van der Waals surface area contributed by atoms with Gasteiger partial charge in [-0.3, -0.25) is 0 Å². The lowest BCUT2D eigenvalue weighted by molar-refractivity contribution is 0.360. The van der Waals surface area contributed by atoms with E-state index in [0.717, 1.165) is 52.5 Å². The fourth-order valence-corrected chi connectivity index (χ4v) is 8.28. The van der Waals surface area contributed by atoms with Crippen LogP contribution in [0.4, 0.5) is 17.1 Å². The van der Waals surface area contributed by atoms with Crippen LogP contribution in [0.15, 0.2) is 170 Å². The number of rotatable bonds is 5. The molecule has 11 rings (SSSR count). The first-order valence-electron chi connectivity index (χ1n) is 18.2. The van der Waals surface area contributed by atoms with Gasteiger partial charge in [0.05, 0.1) is 22.2 Å². The first kappa shape index (κ1) is 29.7. The van der Waals surface area contributed by atoms with Gasteiger partial charge in [-0.2, -0.15) is 0 Å². The Hall–Kier alpha value is -6.98. The van der Waals surface area contributed by atoms with E-state index in [1.807, 2.05) is 30.3 Å². The van der Waals surface area contributed by atoms with Crippen molar-refractivity contribution in [1.29, 1.82) is 0 Å². The average molecular weight is 684 g/mol. The number of ether oxygens (including phenoxy) is 2. The van der Waals surface area contributed by atoms with Crippen LogP contribution in [0.1, 0.15) is 17.7 Å². The van der Waals surface area contributed by atoms with Gasteiger partial charge in [0.15, 0.2) is 23.0 Å². The minimum atomic E-state index is 0.683. The van der Waals surface area contributed by atoms with E-state index in [0.29, 0.717) is 17.2 Å². The van der Waals surface area contributed by atoms with Crippen molar-refractivity contribution in [2.24, 2.45) is 0 Å². The van der Waals surface area contributed by atoms with E-state index in [1.54, 1.807) is 0 Å². The predicted molar refractivity (Wildman–Crippen MR) is 216 cm³/mol. The number of aryl methyl sites for hydroxylation is 1. The molecule has 0 amide bonds. The highest BCUT2D eigenvalue weighted by Gasteiger charge is 2.25. The van der Waals surface area contributed by atoms with Gasteiger partial charge in [-0.25, -0.2) is 0 Å². The molecule has 5 nitrogen and oxygen atoms in total. The summed E-state index contributed by atoms with van der Waals surface area (Å²) in [5, 5.41) is 3.68. The van der Waals surface area contributed by atoms with Crippen LogP contribution in [-0.2, 0) is 6.42 Å². The molecule has 0 N–H and O–H groups in total. The van der Waals surface area contributed by atoms with Crippen LogP contribution < -0.4 is 14.4 Å². The molecule has 0 saturated heterocycles. The fourth-order valence-electron chi connectivity index (χ4n) is 8.28. The lowest BCUT2D eigenvalue weighted by atomic mass is 10.0. The van der Waals surface area contributed by atoms with Crippen LogP contribution in [0.3, 0.4) is 0 Å². The van der Waals surface area contributed by atoms with Crippen LogP contribution in [0.5, 0.6) is 23.0 Å². The lowest BCUT2D eigenvalue weighted by Gasteiger charge is -2.28. The van der Waals surface area contributed by atoms with Crippen molar-refractivity contribution in [3.05, 3.63) is 181 Å². The summed E-state index contributed by atoms with van der Waals surface area (Å²) in [5.41, 5.74) is 11.5. The second-order valence-electron chi connectivity index (χ2n) is 13.7. The number of nitrogens with zero attached hydrogens (tertiary/aromatic N) is 3. The van der Waals surface area contributed by atoms with Crippen molar-refractivity contribution in [3.8, 4) is 34.4 Å². The van der Waals surface area contributed by atoms with Crippen LogP contribution >= 0.6 is 0 Å². The molecule has 0 atom stereocenters. The van der Waals surface area contributed by atoms with Gasteiger partial charge >= 0.3 is 0 Å². The van der Waals surface area contributed by atoms with Crippen LogP contribution in [0.2, 0.25) is 0 Å². The third kappa shape index (κ3) is 4.71. The monoisotopic (exact) mass is 683 g/mol. The highest BCUT2D eigenvalue weighted by Crippen LogP contribution is 2.49. The third-order valence-electron chi connectivity index (χ3n) is 10.6. The molecule has 2 aromatic heterocycles. The smallest absolute Gasteiger partial charge is 0.172 e. The average Bonchev–Trinajstić information content (AvgIpc) is 3.73. The third-order valence-corrected chi connectivity index (χ3v) is 10.6. The number of aromatic nitrogens is 2. The van der Waals surface area contributed by atoms with E-state index >= 15 is 0 Å². The Labute approximate surface area is 306 Å². The topological polar surface area (TPSA) is 31.6 Å². The summed E-state index contributed by atoms with van der Waals surface area (Å²) in [6.45, 7) is 0. The zero-order valence-corrected chi connectivity index (χ0v) is 28.8. The molecule has 0 spiro atoms. The van der Waals surface area contributed by atoms with Crippen LogP contribution in [-0.4, -0.2) is 9.13 Å². The minimum absolute atomic E-state index is 0.683. The predicted octanol–water partition coefficient (Wildman–Crippen LogP) is 13.1. The maximum Gasteiger partial charge on any atom is 0.172 e. The van der Waals surface area contributed by atoms with Crippen LogP contribution in [0.25, 0.3) is 50.2 Å². The van der Waals surface area contributed by atoms with Crippen molar-refractivity contribution >= 4 is 55.8 Å². The molecular formula is C48H33N3O2. The Kier molecular flexibility index (Phi) is 6.61. The van der Waals surface area contributed by atoms with Gasteiger partial charge in [-0.05, 0) is 109 Å². The van der Waals surface area contributed by atoms with Crippen molar-refractivity contribution < 1.29 is 9.47 Å². The zero-order valence-electron chi connectivity index (χ0n) is 28.8. The highest BCUT2D eigenvalue weighted by molar-refractivity contribution is 6.11. The Bertz CT molecular complexity index is 2900. The van der Waals surface area contributed by atoms with Gasteiger partial charge in [0.2, 0.25) is 0 Å². The van der Waals surface area contributed by atoms with Crippen molar-refractivity contribution in [2.45, 2.75) is 12.8 Å². The number of hydrogen-bond donors (Lipinski definition) is 0. The molecule has 0 fully saturated rings. The van der Waals surface area contributed by atoms with E-state index in [-0.39, 0.29) is 0 Å². The van der Waals surface area contributed by atoms with Gasteiger partial charge in [0, 0.05) is 50.7 Å². The minimum Gasteiger partial charge on any atom is -0.450 e. The van der Waals surface area contributed by atoms with E-state index in [1.165, 1.54) is 38.4 Å². The number of anilines is 3. The Balaban J connectivity index is 1.15. The van der Waals surface area contributed by atoms with Gasteiger partial charge < -0.3 is 23.5 Å². The summed E-state index contributed by atoms with van der Waals surface area (Å²) < 4.78 is 17.5. The molecule has 1 aliphatic carbocycles. The number of fused-ring (bicyclic) bond motifs is 8. The molecule has 252 valence electrons. The summed E-state index contributed by atoms with van der Waals surface area (Å²) in [6, 6.07) is 57.8. The maximum absolute atomic E-state index is 6.46. The van der Waals surface area contributed by atoms with Gasteiger partial charge in [0.25, 0.3) is 0 Å². The van der Waals surface area contributed by atoms with E-state index in [4.69, 9.17) is 9.47 Å². The van der Waals surface area contributed by atoms with Crippen molar-refractivity contribution in [1.82, 2.24) is 9.13 Å². The SMILES string of the molecule is C1=Cc2c(c3ccc(N(c4ccc5c(c4)Oc4ccccc4O5)c4ccc5c(c4)c4ccccc4n5-c4ccccc4)cc3n2-c2ccccc2)CC1. The number of allylic oxidation sites excluding steroid dienone is 1. The highest BCUT2D eigenvalue weighted by atomic mass is 16.6. The molecule has 7 aromatic carbocycles. The number of para-hydroxylation sites is 5. The fraction of sp³-hybridized carbons (Fsp3) is 0.0417.